The molecule has 2 rings (SSSR count). The summed E-state index contributed by atoms with van der Waals surface area (Å²) in [7, 11) is -4.28. The summed E-state index contributed by atoms with van der Waals surface area (Å²) >= 11 is 1.09. The summed E-state index contributed by atoms with van der Waals surface area (Å²) in [5.41, 5.74) is 2.53. The van der Waals surface area contributed by atoms with E-state index in [0.717, 1.165) is 22.9 Å². The van der Waals surface area contributed by atoms with Crippen LogP contribution in [0.1, 0.15) is 18.1 Å². The maximum atomic E-state index is 12.7. The van der Waals surface area contributed by atoms with Crippen molar-refractivity contribution in [1.29, 1.82) is 0 Å². The van der Waals surface area contributed by atoms with Crippen LogP contribution >= 0.6 is 11.8 Å². The Labute approximate surface area is 163 Å². The van der Waals surface area contributed by atoms with Gasteiger partial charge in [-0.15, -0.1) is 0 Å². The monoisotopic (exact) mass is 407 g/mol. The number of anilines is 1. The zero-order chi connectivity index (χ0) is 20.0. The zero-order valence-corrected chi connectivity index (χ0v) is 16.6. The molecule has 0 fully saturated rings. The van der Waals surface area contributed by atoms with Crippen LogP contribution in [0.3, 0.4) is 0 Å². The second-order valence-corrected chi connectivity index (χ2v) is 8.80. The van der Waals surface area contributed by atoms with Gasteiger partial charge in [-0.2, -0.15) is 8.42 Å². The second-order valence-electron chi connectivity index (χ2n) is 6.18. The summed E-state index contributed by atoms with van der Waals surface area (Å²) in [4.78, 5) is 23.7. The molecule has 0 radical (unpaired) electrons. The molecule has 2 N–H and O–H groups in total. The lowest BCUT2D eigenvalue weighted by atomic mass is 9.99. The summed E-state index contributed by atoms with van der Waals surface area (Å²) in [6, 6.07) is 13.1. The fourth-order valence-electron chi connectivity index (χ4n) is 2.41. The number of carbonyl (C=O) groups is 2. The van der Waals surface area contributed by atoms with Gasteiger partial charge in [-0.3, -0.25) is 14.1 Å². The first-order chi connectivity index (χ1) is 12.6. The van der Waals surface area contributed by atoms with Crippen molar-refractivity contribution >= 4 is 38.6 Å². The fourth-order valence-corrected chi connectivity index (χ4v) is 3.59. The molecule has 0 spiro atoms. The Balaban J connectivity index is 2.12. The third kappa shape index (κ3) is 6.82. The average Bonchev–Trinajstić information content (AvgIpc) is 2.59. The van der Waals surface area contributed by atoms with Crippen LogP contribution in [0.5, 0.6) is 0 Å². The second kappa shape index (κ2) is 9.16. The molecule has 27 heavy (non-hydrogen) atoms. The van der Waals surface area contributed by atoms with Crippen LogP contribution in [0.25, 0.3) is 0 Å². The lowest BCUT2D eigenvalue weighted by Crippen LogP contribution is -2.27. The number of aryl methyl sites for hydroxylation is 1. The molecule has 0 aliphatic rings. The average molecular weight is 408 g/mol. The van der Waals surface area contributed by atoms with Gasteiger partial charge in [0.15, 0.2) is 5.12 Å². The maximum absolute atomic E-state index is 12.7. The summed E-state index contributed by atoms with van der Waals surface area (Å²) in [5.74, 6) is -0.343. The first-order valence-electron chi connectivity index (χ1n) is 8.22. The first kappa shape index (κ1) is 21.1. The molecule has 0 saturated carbocycles. The van der Waals surface area contributed by atoms with Gasteiger partial charge in [-0.1, -0.05) is 41.6 Å². The normalized spacial score (nSPS) is 12.4. The highest BCUT2D eigenvalue weighted by Crippen LogP contribution is 2.20. The summed E-state index contributed by atoms with van der Waals surface area (Å²) < 4.78 is 31.2. The molecule has 6 nitrogen and oxygen atoms in total. The molecule has 0 aliphatic heterocycles. The van der Waals surface area contributed by atoms with Crippen LogP contribution in [0.4, 0.5) is 5.69 Å². The molecular formula is C19H21NO5S2. The number of benzene rings is 2. The Morgan fingerprint density at radius 1 is 1.07 bits per heavy atom. The molecule has 1 atom stereocenters. The molecular weight excluding hydrogens is 386 g/mol. The van der Waals surface area contributed by atoms with Gasteiger partial charge >= 0.3 is 0 Å². The van der Waals surface area contributed by atoms with E-state index in [4.69, 9.17) is 4.55 Å². The predicted octanol–water partition coefficient (Wildman–Crippen LogP) is 3.32. The Morgan fingerprint density at radius 2 is 1.67 bits per heavy atom. The van der Waals surface area contributed by atoms with Gasteiger partial charge < -0.3 is 5.32 Å². The van der Waals surface area contributed by atoms with Gasteiger partial charge in [0.2, 0.25) is 5.91 Å². The van der Waals surface area contributed by atoms with Crippen molar-refractivity contribution in [3.05, 3.63) is 59.7 Å². The van der Waals surface area contributed by atoms with Crippen molar-refractivity contribution in [3.8, 4) is 0 Å². The van der Waals surface area contributed by atoms with Crippen LogP contribution in [0, 0.1) is 12.8 Å². The van der Waals surface area contributed by atoms with Crippen LogP contribution < -0.4 is 5.32 Å². The van der Waals surface area contributed by atoms with Crippen molar-refractivity contribution in [2.75, 3.05) is 11.1 Å². The SMILES string of the molecule is CC(=O)SCC(Cc1ccc(C)cc1)C(=O)Nc1ccc(S(=O)(=O)O)cc1. The van der Waals surface area contributed by atoms with Gasteiger partial charge in [0.1, 0.15) is 0 Å². The van der Waals surface area contributed by atoms with Crippen molar-refractivity contribution in [2.45, 2.75) is 25.2 Å². The van der Waals surface area contributed by atoms with Gasteiger partial charge in [-0.05, 0) is 43.2 Å². The Hall–Kier alpha value is -2.16. The van der Waals surface area contributed by atoms with E-state index in [1.807, 2.05) is 31.2 Å². The van der Waals surface area contributed by atoms with Gasteiger partial charge in [0.05, 0.1) is 10.8 Å². The van der Waals surface area contributed by atoms with Crippen molar-refractivity contribution in [3.63, 3.8) is 0 Å². The van der Waals surface area contributed by atoms with E-state index >= 15 is 0 Å². The largest absolute Gasteiger partial charge is 0.326 e. The van der Waals surface area contributed by atoms with E-state index in [1.165, 1.54) is 31.2 Å². The van der Waals surface area contributed by atoms with Crippen LogP contribution in [-0.4, -0.2) is 29.7 Å². The first-order valence-corrected chi connectivity index (χ1v) is 10.6. The van der Waals surface area contributed by atoms with E-state index in [0.29, 0.717) is 17.9 Å². The van der Waals surface area contributed by atoms with Crippen LogP contribution in [-0.2, 0) is 26.1 Å². The Bertz CT molecular complexity index is 906. The number of nitrogens with one attached hydrogen (secondary N) is 1. The third-order valence-corrected chi connectivity index (χ3v) is 5.72. The summed E-state index contributed by atoms with van der Waals surface area (Å²) in [5, 5.41) is 2.68. The molecule has 2 aromatic rings. The highest BCUT2D eigenvalue weighted by molar-refractivity contribution is 8.13. The maximum Gasteiger partial charge on any atom is 0.294 e. The minimum absolute atomic E-state index is 0.0609. The third-order valence-electron chi connectivity index (χ3n) is 3.88. The lowest BCUT2D eigenvalue weighted by Gasteiger charge is -2.16. The Kier molecular flexibility index (Phi) is 7.18. The predicted molar refractivity (Wildman–Crippen MR) is 106 cm³/mol. The zero-order valence-electron chi connectivity index (χ0n) is 15.0. The van der Waals surface area contributed by atoms with Gasteiger partial charge in [-0.25, -0.2) is 0 Å². The highest BCUT2D eigenvalue weighted by Gasteiger charge is 2.20. The molecule has 1 amide bonds. The molecule has 0 bridgehead atoms. The van der Waals surface area contributed by atoms with E-state index in [-0.39, 0.29) is 15.9 Å². The van der Waals surface area contributed by atoms with E-state index in [9.17, 15) is 18.0 Å². The lowest BCUT2D eigenvalue weighted by molar-refractivity contribution is -0.119. The number of hydrogen-bond donors (Lipinski definition) is 2. The summed E-state index contributed by atoms with van der Waals surface area (Å²) in [6.45, 7) is 3.44. The van der Waals surface area contributed by atoms with E-state index < -0.39 is 16.0 Å². The highest BCUT2D eigenvalue weighted by atomic mass is 32.2. The standard InChI is InChI=1S/C19H21NO5S2/c1-13-3-5-15(6-4-13)11-16(12-26-14(2)21)19(22)20-17-7-9-18(10-8-17)27(23,24)25/h3-10,16H,11-12H2,1-2H3,(H,20,22)(H,23,24,25). The van der Waals surface area contributed by atoms with Gasteiger partial charge in [0, 0.05) is 18.4 Å². The van der Waals surface area contributed by atoms with Crippen LogP contribution in [0.2, 0.25) is 0 Å². The molecule has 0 aliphatic carbocycles. The number of carbonyl (C=O) groups excluding carboxylic acids is 2. The minimum atomic E-state index is -4.28. The smallest absolute Gasteiger partial charge is 0.294 e. The molecule has 2 aromatic carbocycles. The van der Waals surface area contributed by atoms with E-state index in [2.05, 4.69) is 5.32 Å². The molecule has 0 saturated heterocycles. The topological polar surface area (TPSA) is 101 Å². The molecule has 1 unspecified atom stereocenters. The van der Waals surface area contributed by atoms with Crippen molar-refractivity contribution in [2.24, 2.45) is 5.92 Å². The Morgan fingerprint density at radius 3 is 2.19 bits per heavy atom. The fraction of sp³-hybridized carbons (Fsp3) is 0.263. The molecule has 8 heteroatoms. The van der Waals surface area contributed by atoms with Crippen molar-refractivity contribution in [1.82, 2.24) is 0 Å². The van der Waals surface area contributed by atoms with Gasteiger partial charge in [0.25, 0.3) is 10.1 Å². The molecule has 144 valence electrons. The number of rotatable bonds is 7. The number of thioether (sulfide) groups is 1. The van der Waals surface area contributed by atoms with Crippen LogP contribution in [0.15, 0.2) is 53.4 Å². The van der Waals surface area contributed by atoms with Crippen molar-refractivity contribution < 1.29 is 22.6 Å². The quantitative estimate of drug-likeness (QED) is 0.683. The number of hydrogen-bond acceptors (Lipinski definition) is 5. The number of amides is 1. The molecule has 0 heterocycles. The minimum Gasteiger partial charge on any atom is -0.326 e. The van der Waals surface area contributed by atoms with E-state index in [1.54, 1.807) is 0 Å². The summed E-state index contributed by atoms with van der Waals surface area (Å²) in [6.07, 6.45) is 0.482. The molecule has 0 aromatic heterocycles.